The van der Waals surface area contributed by atoms with Crippen molar-refractivity contribution in [2.45, 2.75) is 49.6 Å². The lowest BCUT2D eigenvalue weighted by atomic mass is 9.75. The monoisotopic (exact) mass is 313 g/mol. The molecule has 0 spiro atoms. The Morgan fingerprint density at radius 1 is 1.57 bits per heavy atom. The van der Waals surface area contributed by atoms with E-state index in [1.54, 1.807) is 7.05 Å². The highest BCUT2D eigenvalue weighted by atomic mass is 32.2. The Labute approximate surface area is 125 Å². The maximum absolute atomic E-state index is 12.5. The van der Waals surface area contributed by atoms with Crippen LogP contribution >= 0.6 is 0 Å². The van der Waals surface area contributed by atoms with Gasteiger partial charge in [0.2, 0.25) is 0 Å². The summed E-state index contributed by atoms with van der Waals surface area (Å²) in [6.45, 7) is 2.13. The van der Waals surface area contributed by atoms with Crippen LogP contribution in [-0.2, 0) is 17.1 Å². The molecule has 0 saturated heterocycles. The van der Waals surface area contributed by atoms with Crippen LogP contribution in [0, 0.1) is 11.3 Å². The van der Waals surface area contributed by atoms with Gasteiger partial charge in [-0.15, -0.1) is 0 Å². The molecule has 0 atom stereocenters. The van der Waals surface area contributed by atoms with Crippen molar-refractivity contribution in [1.82, 2.24) is 14.5 Å². The van der Waals surface area contributed by atoms with Crippen LogP contribution in [0.15, 0.2) is 17.3 Å². The number of nitrogens with one attached hydrogen (secondary N) is 2. The van der Waals surface area contributed by atoms with Crippen LogP contribution in [0.5, 0.6) is 0 Å². The minimum absolute atomic E-state index is 0.0840. The van der Waals surface area contributed by atoms with E-state index < -0.39 is 15.6 Å². The normalized spacial score (nSPS) is 26.7. The zero-order valence-corrected chi connectivity index (χ0v) is 13.3. The lowest BCUT2D eigenvalue weighted by Crippen LogP contribution is -2.58. The summed E-state index contributed by atoms with van der Waals surface area (Å²) in [5.41, 5.74) is 4.76. The van der Waals surface area contributed by atoms with Crippen LogP contribution in [0.2, 0.25) is 0 Å². The van der Waals surface area contributed by atoms with Gasteiger partial charge in [-0.3, -0.25) is 10.1 Å². The molecule has 118 valence electrons. The summed E-state index contributed by atoms with van der Waals surface area (Å²) in [4.78, 5) is 0. The Bertz CT molecular complexity index is 614. The molecule has 0 aliphatic heterocycles. The van der Waals surface area contributed by atoms with Crippen molar-refractivity contribution in [2.24, 2.45) is 18.7 Å². The second kappa shape index (κ2) is 5.76. The van der Waals surface area contributed by atoms with Crippen LogP contribution in [-0.4, -0.2) is 29.6 Å². The third kappa shape index (κ3) is 3.11. The van der Waals surface area contributed by atoms with Gasteiger partial charge in [0, 0.05) is 7.05 Å². The van der Waals surface area contributed by atoms with Crippen LogP contribution in [0.1, 0.15) is 39.0 Å². The van der Waals surface area contributed by atoms with Crippen molar-refractivity contribution >= 4 is 15.9 Å². The first-order chi connectivity index (χ1) is 9.81. The molecule has 0 amide bonds. The van der Waals surface area contributed by atoms with Crippen molar-refractivity contribution in [3.05, 3.63) is 12.3 Å². The van der Waals surface area contributed by atoms with Gasteiger partial charge in [-0.05, 0) is 37.7 Å². The Hall–Kier alpha value is -1.41. The van der Waals surface area contributed by atoms with Gasteiger partial charge in [0.1, 0.15) is 5.84 Å². The molecule has 1 fully saturated rings. The molecule has 1 aromatic rings. The summed E-state index contributed by atoms with van der Waals surface area (Å²) < 4.78 is 29.0. The predicted octanol–water partition coefficient (Wildman–Crippen LogP) is 0.973. The second-order valence-corrected chi connectivity index (χ2v) is 7.38. The van der Waals surface area contributed by atoms with E-state index in [0.29, 0.717) is 18.8 Å². The Balaban J connectivity index is 2.26. The molecule has 0 aromatic carbocycles. The molecule has 1 saturated carbocycles. The average Bonchev–Trinajstić information content (AvgIpc) is 2.86. The molecule has 2 rings (SSSR count). The topological polar surface area (TPSA) is 114 Å². The molecule has 7 nitrogen and oxygen atoms in total. The van der Waals surface area contributed by atoms with Crippen molar-refractivity contribution in [3.63, 3.8) is 0 Å². The molecule has 0 unspecified atom stereocenters. The minimum Gasteiger partial charge on any atom is -0.386 e. The SMILES string of the molecule is CCC1CCC(NS(=O)(=O)c2ccnn2C)(C(=N)N)CC1. The third-order valence-corrected chi connectivity index (χ3v) is 6.04. The van der Waals surface area contributed by atoms with Gasteiger partial charge < -0.3 is 5.73 Å². The number of rotatable bonds is 5. The zero-order valence-electron chi connectivity index (χ0n) is 12.5. The van der Waals surface area contributed by atoms with Gasteiger partial charge in [-0.1, -0.05) is 13.3 Å². The number of aromatic nitrogens is 2. The summed E-state index contributed by atoms with van der Waals surface area (Å²) >= 11 is 0. The summed E-state index contributed by atoms with van der Waals surface area (Å²) in [5, 5.41) is 11.8. The summed E-state index contributed by atoms with van der Waals surface area (Å²) in [6, 6.07) is 1.44. The highest BCUT2D eigenvalue weighted by molar-refractivity contribution is 7.89. The minimum atomic E-state index is -3.75. The van der Waals surface area contributed by atoms with Gasteiger partial charge in [0.25, 0.3) is 10.0 Å². The number of sulfonamides is 1. The number of nitrogens with two attached hydrogens (primary N) is 1. The molecule has 1 aromatic heterocycles. The van der Waals surface area contributed by atoms with Crippen LogP contribution in [0.3, 0.4) is 0 Å². The average molecular weight is 313 g/mol. The zero-order chi connectivity index (χ0) is 15.7. The number of aryl methyl sites for hydroxylation is 1. The molecule has 0 radical (unpaired) electrons. The van der Waals surface area contributed by atoms with E-state index >= 15 is 0 Å². The first-order valence-electron chi connectivity index (χ1n) is 7.17. The fourth-order valence-electron chi connectivity index (χ4n) is 2.94. The van der Waals surface area contributed by atoms with Gasteiger partial charge in [-0.2, -0.15) is 9.82 Å². The first kappa shape index (κ1) is 16.0. The maximum Gasteiger partial charge on any atom is 0.258 e. The van der Waals surface area contributed by atoms with Crippen molar-refractivity contribution in [3.8, 4) is 0 Å². The summed E-state index contributed by atoms with van der Waals surface area (Å²) in [6.07, 6.45) is 5.40. The predicted molar refractivity (Wildman–Crippen MR) is 80.4 cm³/mol. The van der Waals surface area contributed by atoms with Crippen molar-refractivity contribution in [2.75, 3.05) is 0 Å². The quantitative estimate of drug-likeness (QED) is 0.555. The smallest absolute Gasteiger partial charge is 0.258 e. The fourth-order valence-corrected chi connectivity index (χ4v) is 4.51. The molecular weight excluding hydrogens is 290 g/mol. The van der Waals surface area contributed by atoms with Gasteiger partial charge in [0.15, 0.2) is 5.03 Å². The van der Waals surface area contributed by atoms with E-state index in [4.69, 9.17) is 11.1 Å². The lowest BCUT2D eigenvalue weighted by Gasteiger charge is -2.39. The Morgan fingerprint density at radius 3 is 2.62 bits per heavy atom. The van der Waals surface area contributed by atoms with Crippen LogP contribution in [0.4, 0.5) is 0 Å². The molecule has 8 heteroatoms. The Morgan fingerprint density at radius 2 is 2.19 bits per heavy atom. The van der Waals surface area contributed by atoms with E-state index in [2.05, 4.69) is 16.7 Å². The molecular formula is C13H23N5O2S. The van der Waals surface area contributed by atoms with E-state index in [0.717, 1.165) is 19.3 Å². The van der Waals surface area contributed by atoms with Gasteiger partial charge in [0.05, 0.1) is 11.7 Å². The number of hydrogen-bond donors (Lipinski definition) is 3. The first-order valence-corrected chi connectivity index (χ1v) is 8.65. The second-order valence-electron chi connectivity index (χ2n) is 5.75. The highest BCUT2D eigenvalue weighted by Gasteiger charge is 2.41. The lowest BCUT2D eigenvalue weighted by molar-refractivity contribution is 0.266. The van der Waals surface area contributed by atoms with E-state index in [1.807, 2.05) is 0 Å². The van der Waals surface area contributed by atoms with Crippen LogP contribution in [0.25, 0.3) is 0 Å². The molecule has 1 heterocycles. The molecule has 4 N–H and O–H groups in total. The number of hydrogen-bond acceptors (Lipinski definition) is 4. The molecule has 1 aliphatic carbocycles. The molecule has 1 aliphatic rings. The van der Waals surface area contributed by atoms with Crippen molar-refractivity contribution < 1.29 is 8.42 Å². The van der Waals surface area contributed by atoms with Crippen LogP contribution < -0.4 is 10.5 Å². The fraction of sp³-hybridized carbons (Fsp3) is 0.692. The summed E-state index contributed by atoms with van der Waals surface area (Å²) in [7, 11) is -2.17. The number of nitrogens with zero attached hydrogens (tertiary/aromatic N) is 2. The largest absolute Gasteiger partial charge is 0.386 e. The molecule has 0 bridgehead atoms. The molecule has 21 heavy (non-hydrogen) atoms. The van der Waals surface area contributed by atoms with Crippen molar-refractivity contribution in [1.29, 1.82) is 5.41 Å². The van der Waals surface area contributed by atoms with E-state index in [9.17, 15) is 8.42 Å². The van der Waals surface area contributed by atoms with E-state index in [-0.39, 0.29) is 10.9 Å². The third-order valence-electron chi connectivity index (χ3n) is 4.43. The maximum atomic E-state index is 12.5. The summed E-state index contributed by atoms with van der Waals surface area (Å²) in [5.74, 6) is 0.474. The van der Waals surface area contributed by atoms with Gasteiger partial charge >= 0.3 is 0 Å². The highest BCUT2D eigenvalue weighted by Crippen LogP contribution is 2.34. The van der Waals surface area contributed by atoms with Gasteiger partial charge in [-0.25, -0.2) is 8.42 Å². The number of amidine groups is 1. The Kier molecular flexibility index (Phi) is 4.38. The van der Waals surface area contributed by atoms with E-state index in [1.165, 1.54) is 16.9 Å². The standard InChI is InChI=1S/C13H23N5O2S/c1-3-10-4-7-13(8-5-10,12(14)15)17-21(19,20)11-6-9-16-18(11)2/h6,9-10,17H,3-5,7-8H2,1-2H3,(H3,14,15).